The van der Waals surface area contributed by atoms with Gasteiger partial charge in [-0.3, -0.25) is 24.7 Å². The number of hydrazine groups is 1. The predicted molar refractivity (Wildman–Crippen MR) is 64.2 cm³/mol. The Labute approximate surface area is 109 Å². The zero-order valence-corrected chi connectivity index (χ0v) is 10.7. The second-order valence-corrected chi connectivity index (χ2v) is 4.59. The molecule has 2 atom stereocenters. The first-order valence-corrected chi connectivity index (χ1v) is 5.90. The average Bonchev–Trinajstić information content (AvgIpc) is 2.94. The molecule has 1 aliphatic rings. The van der Waals surface area contributed by atoms with Crippen molar-refractivity contribution in [1.82, 2.24) is 10.3 Å². The minimum absolute atomic E-state index is 0.00954. The van der Waals surface area contributed by atoms with Crippen LogP contribution in [0.15, 0.2) is 16.7 Å². The number of carbonyl (C=O) groups is 3. The summed E-state index contributed by atoms with van der Waals surface area (Å²) in [5.74, 6) is 3.29. The highest BCUT2D eigenvalue weighted by atomic mass is 16.3. The van der Waals surface area contributed by atoms with Crippen LogP contribution in [0.3, 0.4) is 0 Å². The first-order chi connectivity index (χ1) is 8.97. The Morgan fingerprint density at radius 3 is 2.47 bits per heavy atom. The van der Waals surface area contributed by atoms with E-state index in [2.05, 4.69) is 0 Å². The van der Waals surface area contributed by atoms with Gasteiger partial charge in [-0.25, -0.2) is 5.84 Å². The van der Waals surface area contributed by atoms with Crippen LogP contribution in [0.1, 0.15) is 30.0 Å². The van der Waals surface area contributed by atoms with E-state index < -0.39 is 5.91 Å². The van der Waals surface area contributed by atoms with Crippen LogP contribution in [0.4, 0.5) is 0 Å². The van der Waals surface area contributed by atoms with Gasteiger partial charge in [-0.2, -0.15) is 0 Å². The quantitative estimate of drug-likeness (QED) is 0.347. The molecule has 0 saturated carbocycles. The number of hydrogen-bond acceptors (Lipinski definition) is 5. The van der Waals surface area contributed by atoms with E-state index in [9.17, 15) is 14.4 Å². The molecular weight excluding hydrogens is 250 g/mol. The van der Waals surface area contributed by atoms with Crippen LogP contribution in [0.25, 0.3) is 0 Å². The summed E-state index contributed by atoms with van der Waals surface area (Å²) in [5.41, 5.74) is 2.40. The molecule has 3 amide bonds. The van der Waals surface area contributed by atoms with Crippen LogP contribution in [-0.4, -0.2) is 22.6 Å². The van der Waals surface area contributed by atoms with E-state index in [4.69, 9.17) is 10.3 Å². The largest absolute Gasteiger partial charge is 0.459 e. The van der Waals surface area contributed by atoms with E-state index in [0.29, 0.717) is 5.56 Å². The maximum atomic E-state index is 12.0. The van der Waals surface area contributed by atoms with Crippen LogP contribution in [0.5, 0.6) is 0 Å². The smallest absolute Gasteiger partial charge is 0.301 e. The predicted octanol–water partition coefficient (Wildman–Crippen LogP) is 0.0241. The maximum absolute atomic E-state index is 12.0. The van der Waals surface area contributed by atoms with Crippen molar-refractivity contribution in [2.75, 3.05) is 0 Å². The van der Waals surface area contributed by atoms with Gasteiger partial charge in [0, 0.05) is 17.4 Å². The Morgan fingerprint density at radius 1 is 1.37 bits per heavy atom. The second kappa shape index (κ2) is 4.85. The molecule has 1 saturated heterocycles. The summed E-state index contributed by atoms with van der Waals surface area (Å²) in [6.07, 6.45) is 1.32. The van der Waals surface area contributed by atoms with E-state index in [1.807, 2.05) is 5.43 Å². The van der Waals surface area contributed by atoms with Crippen molar-refractivity contribution < 1.29 is 18.8 Å². The van der Waals surface area contributed by atoms with Crippen molar-refractivity contribution in [3.05, 3.63) is 23.7 Å². The van der Waals surface area contributed by atoms with Crippen molar-refractivity contribution in [3.63, 3.8) is 0 Å². The van der Waals surface area contributed by atoms with Crippen LogP contribution in [0, 0.1) is 11.8 Å². The number of imide groups is 1. The van der Waals surface area contributed by atoms with Gasteiger partial charge in [-0.15, -0.1) is 0 Å². The summed E-state index contributed by atoms with van der Waals surface area (Å²) in [4.78, 5) is 36.5. The van der Waals surface area contributed by atoms with Crippen molar-refractivity contribution in [2.24, 2.45) is 17.7 Å². The molecule has 7 heteroatoms. The van der Waals surface area contributed by atoms with Crippen molar-refractivity contribution in [3.8, 4) is 0 Å². The Kier molecular flexibility index (Phi) is 3.39. The second-order valence-electron chi connectivity index (χ2n) is 4.59. The normalized spacial score (nSPS) is 23.0. The van der Waals surface area contributed by atoms with Gasteiger partial charge >= 0.3 is 5.91 Å². The fourth-order valence-corrected chi connectivity index (χ4v) is 2.08. The van der Waals surface area contributed by atoms with Crippen molar-refractivity contribution in [1.29, 1.82) is 0 Å². The van der Waals surface area contributed by atoms with Crippen LogP contribution in [-0.2, 0) is 16.1 Å². The third-order valence-corrected chi connectivity index (χ3v) is 3.47. The van der Waals surface area contributed by atoms with Crippen LogP contribution >= 0.6 is 0 Å². The Balaban J connectivity index is 2.23. The molecule has 2 heterocycles. The van der Waals surface area contributed by atoms with Crippen LogP contribution in [0.2, 0.25) is 0 Å². The highest BCUT2D eigenvalue weighted by Gasteiger charge is 2.42. The van der Waals surface area contributed by atoms with Gasteiger partial charge in [-0.05, 0) is 6.07 Å². The lowest BCUT2D eigenvalue weighted by Gasteiger charge is -2.13. The molecule has 2 rings (SSSR count). The summed E-state index contributed by atoms with van der Waals surface area (Å²) >= 11 is 0. The number of likely N-dealkylation sites (tertiary alicyclic amines) is 1. The van der Waals surface area contributed by atoms with E-state index in [1.165, 1.54) is 6.26 Å². The molecular formula is C12H15N3O4. The number of nitrogen functional groups attached to an aromatic ring is 1. The monoisotopic (exact) mass is 265 g/mol. The number of amides is 3. The molecule has 19 heavy (non-hydrogen) atoms. The molecule has 0 aliphatic carbocycles. The maximum Gasteiger partial charge on any atom is 0.301 e. The fraction of sp³-hybridized carbons (Fsp3) is 0.417. The number of furan rings is 1. The highest BCUT2D eigenvalue weighted by Crippen LogP contribution is 2.27. The first kappa shape index (κ1) is 13.3. The number of nitrogens with one attached hydrogen (secondary N) is 1. The SMILES string of the molecule is CC1C(=O)N(Cc2ccoc2C(=O)NN)C(=O)C1C. The van der Waals surface area contributed by atoms with E-state index in [0.717, 1.165) is 4.90 Å². The highest BCUT2D eigenvalue weighted by molar-refractivity contribution is 6.04. The first-order valence-electron chi connectivity index (χ1n) is 5.90. The summed E-state index contributed by atoms with van der Waals surface area (Å²) in [5, 5.41) is 0. The average molecular weight is 265 g/mol. The number of nitrogens with two attached hydrogens (primary N) is 1. The Morgan fingerprint density at radius 2 is 1.95 bits per heavy atom. The molecule has 3 N–H and O–H groups in total. The number of hydrogen-bond donors (Lipinski definition) is 2. The lowest BCUT2D eigenvalue weighted by atomic mass is 10.00. The molecule has 102 valence electrons. The molecule has 0 bridgehead atoms. The van der Waals surface area contributed by atoms with Crippen LogP contribution < -0.4 is 11.3 Å². The molecule has 1 fully saturated rings. The number of rotatable bonds is 3. The van der Waals surface area contributed by atoms with Crippen molar-refractivity contribution in [2.45, 2.75) is 20.4 Å². The zero-order chi connectivity index (χ0) is 14.2. The van der Waals surface area contributed by atoms with Gasteiger partial charge in [0.1, 0.15) is 0 Å². The summed E-state index contributed by atoms with van der Waals surface area (Å²) in [6, 6.07) is 1.54. The van der Waals surface area contributed by atoms with Gasteiger partial charge in [0.15, 0.2) is 5.76 Å². The van der Waals surface area contributed by atoms with Crippen molar-refractivity contribution >= 4 is 17.7 Å². The van der Waals surface area contributed by atoms with E-state index >= 15 is 0 Å². The van der Waals surface area contributed by atoms with Gasteiger partial charge in [-0.1, -0.05) is 13.8 Å². The number of carbonyl (C=O) groups excluding carboxylic acids is 3. The summed E-state index contributed by atoms with van der Waals surface area (Å²) in [6.45, 7) is 3.45. The minimum Gasteiger partial charge on any atom is -0.459 e. The van der Waals surface area contributed by atoms with E-state index in [-0.39, 0.29) is 36.0 Å². The Bertz CT molecular complexity index is 517. The summed E-state index contributed by atoms with van der Waals surface area (Å²) in [7, 11) is 0. The molecule has 1 aliphatic heterocycles. The third-order valence-electron chi connectivity index (χ3n) is 3.47. The Hall–Kier alpha value is -2.15. The fourth-order valence-electron chi connectivity index (χ4n) is 2.08. The van der Waals surface area contributed by atoms with Gasteiger partial charge in [0.05, 0.1) is 12.8 Å². The molecule has 2 unspecified atom stereocenters. The zero-order valence-electron chi connectivity index (χ0n) is 10.7. The summed E-state index contributed by atoms with van der Waals surface area (Å²) < 4.78 is 5.01. The molecule has 7 nitrogen and oxygen atoms in total. The molecule has 0 radical (unpaired) electrons. The third kappa shape index (κ3) is 2.12. The van der Waals surface area contributed by atoms with Gasteiger partial charge in [0.2, 0.25) is 11.8 Å². The van der Waals surface area contributed by atoms with Gasteiger partial charge in [0.25, 0.3) is 0 Å². The standard InChI is InChI=1S/C12H15N3O4/c1-6-7(2)12(18)15(11(6)17)5-8-3-4-19-9(8)10(16)14-13/h3-4,6-7H,5,13H2,1-2H3,(H,14,16). The molecule has 1 aromatic rings. The lowest BCUT2D eigenvalue weighted by molar-refractivity contribution is -0.140. The molecule has 0 spiro atoms. The van der Waals surface area contributed by atoms with Gasteiger partial charge < -0.3 is 4.42 Å². The lowest BCUT2D eigenvalue weighted by Crippen LogP contribution is -2.33. The number of nitrogens with zero attached hydrogens (tertiary/aromatic N) is 1. The minimum atomic E-state index is -0.597. The van der Waals surface area contributed by atoms with E-state index in [1.54, 1.807) is 19.9 Å². The molecule has 1 aromatic heterocycles. The topological polar surface area (TPSA) is 106 Å². The molecule has 0 aromatic carbocycles.